The standard InChI is InChI=1S/C11H10ClFO/c1-11(2)5-6-3-8(12)9(13)4-7(6)10(11)14/h3-4H,5H2,1-2H3. The van der Waals surface area contributed by atoms with Crippen LogP contribution in [0, 0.1) is 11.2 Å². The molecule has 0 aliphatic heterocycles. The molecular weight excluding hydrogens is 203 g/mol. The molecule has 74 valence electrons. The maximum absolute atomic E-state index is 13.1. The second kappa shape index (κ2) is 2.80. The van der Waals surface area contributed by atoms with Crippen LogP contribution in [-0.2, 0) is 6.42 Å². The van der Waals surface area contributed by atoms with Crippen LogP contribution in [0.2, 0.25) is 5.02 Å². The van der Waals surface area contributed by atoms with E-state index in [0.717, 1.165) is 5.56 Å². The lowest BCUT2D eigenvalue weighted by atomic mass is 9.89. The first-order valence-electron chi connectivity index (χ1n) is 4.44. The molecule has 1 aliphatic rings. The molecule has 1 aliphatic carbocycles. The van der Waals surface area contributed by atoms with Crippen molar-refractivity contribution in [2.45, 2.75) is 20.3 Å². The molecule has 0 spiro atoms. The average Bonchev–Trinajstić information content (AvgIpc) is 2.28. The zero-order valence-electron chi connectivity index (χ0n) is 8.03. The maximum atomic E-state index is 13.1. The fraction of sp³-hybridized carbons (Fsp3) is 0.364. The van der Waals surface area contributed by atoms with E-state index in [0.29, 0.717) is 12.0 Å². The number of rotatable bonds is 0. The van der Waals surface area contributed by atoms with Gasteiger partial charge in [-0.1, -0.05) is 25.4 Å². The fourth-order valence-electron chi connectivity index (χ4n) is 1.87. The van der Waals surface area contributed by atoms with Gasteiger partial charge in [0.2, 0.25) is 0 Å². The molecular formula is C11H10ClFO. The van der Waals surface area contributed by atoms with Crippen molar-refractivity contribution in [3.05, 3.63) is 34.1 Å². The predicted molar refractivity (Wildman–Crippen MR) is 53.2 cm³/mol. The predicted octanol–water partition coefficient (Wildman–Crippen LogP) is 3.24. The van der Waals surface area contributed by atoms with Crippen molar-refractivity contribution in [3.63, 3.8) is 0 Å². The van der Waals surface area contributed by atoms with Gasteiger partial charge in [-0.25, -0.2) is 4.39 Å². The molecule has 0 saturated carbocycles. The molecule has 1 aromatic carbocycles. The molecule has 0 saturated heterocycles. The van der Waals surface area contributed by atoms with Gasteiger partial charge in [0.1, 0.15) is 5.82 Å². The highest BCUT2D eigenvalue weighted by Crippen LogP contribution is 2.37. The number of carbonyl (C=O) groups is 1. The number of Topliss-reactive ketones (excluding diaryl/α,β-unsaturated/α-hetero) is 1. The number of carbonyl (C=O) groups excluding carboxylic acids is 1. The Labute approximate surface area is 86.9 Å². The Morgan fingerprint density at radius 3 is 2.71 bits per heavy atom. The second-order valence-electron chi connectivity index (χ2n) is 4.31. The van der Waals surface area contributed by atoms with Crippen molar-refractivity contribution >= 4 is 17.4 Å². The molecule has 0 aromatic heterocycles. The van der Waals surface area contributed by atoms with Crippen LogP contribution in [0.3, 0.4) is 0 Å². The molecule has 0 unspecified atom stereocenters. The van der Waals surface area contributed by atoms with Gasteiger partial charge in [0, 0.05) is 11.0 Å². The van der Waals surface area contributed by atoms with Crippen molar-refractivity contribution in [3.8, 4) is 0 Å². The summed E-state index contributed by atoms with van der Waals surface area (Å²) in [7, 11) is 0. The highest BCUT2D eigenvalue weighted by atomic mass is 35.5. The number of halogens is 2. The van der Waals surface area contributed by atoms with Crippen LogP contribution < -0.4 is 0 Å². The SMILES string of the molecule is CC1(C)Cc2cc(Cl)c(F)cc2C1=O. The first-order chi connectivity index (χ1) is 6.42. The number of ketones is 1. The van der Waals surface area contributed by atoms with E-state index in [1.165, 1.54) is 6.07 Å². The van der Waals surface area contributed by atoms with Crippen molar-refractivity contribution in [2.75, 3.05) is 0 Å². The minimum Gasteiger partial charge on any atom is -0.294 e. The van der Waals surface area contributed by atoms with Crippen molar-refractivity contribution in [2.24, 2.45) is 5.41 Å². The lowest BCUT2D eigenvalue weighted by molar-refractivity contribution is 0.0863. The summed E-state index contributed by atoms with van der Waals surface area (Å²) in [6, 6.07) is 2.80. The largest absolute Gasteiger partial charge is 0.294 e. The molecule has 0 fully saturated rings. The molecule has 0 atom stereocenters. The lowest BCUT2D eigenvalue weighted by Gasteiger charge is -2.12. The second-order valence-corrected chi connectivity index (χ2v) is 4.72. The van der Waals surface area contributed by atoms with Gasteiger partial charge in [-0.15, -0.1) is 0 Å². The van der Waals surface area contributed by atoms with E-state index in [1.54, 1.807) is 6.07 Å². The first-order valence-corrected chi connectivity index (χ1v) is 4.82. The smallest absolute Gasteiger partial charge is 0.169 e. The van der Waals surface area contributed by atoms with Gasteiger partial charge in [0.15, 0.2) is 5.78 Å². The third-order valence-corrected chi connectivity index (χ3v) is 2.93. The van der Waals surface area contributed by atoms with Crippen LogP contribution in [0.4, 0.5) is 4.39 Å². The van der Waals surface area contributed by atoms with Gasteiger partial charge >= 0.3 is 0 Å². The van der Waals surface area contributed by atoms with Crippen LogP contribution >= 0.6 is 11.6 Å². The van der Waals surface area contributed by atoms with Crippen LogP contribution in [0.1, 0.15) is 29.8 Å². The van der Waals surface area contributed by atoms with Gasteiger partial charge in [0.25, 0.3) is 0 Å². The van der Waals surface area contributed by atoms with E-state index in [4.69, 9.17) is 11.6 Å². The number of fused-ring (bicyclic) bond motifs is 1. The summed E-state index contributed by atoms with van der Waals surface area (Å²) >= 11 is 5.65. The highest BCUT2D eigenvalue weighted by molar-refractivity contribution is 6.31. The Bertz CT molecular complexity index is 424. The van der Waals surface area contributed by atoms with E-state index in [-0.39, 0.29) is 10.8 Å². The van der Waals surface area contributed by atoms with Gasteiger partial charge < -0.3 is 0 Å². The molecule has 0 radical (unpaired) electrons. The molecule has 0 N–H and O–H groups in total. The molecule has 2 rings (SSSR count). The third-order valence-electron chi connectivity index (χ3n) is 2.64. The lowest BCUT2D eigenvalue weighted by Crippen LogP contribution is -2.18. The summed E-state index contributed by atoms with van der Waals surface area (Å²) in [6.45, 7) is 3.72. The third kappa shape index (κ3) is 1.25. The summed E-state index contributed by atoms with van der Waals surface area (Å²) in [6.07, 6.45) is 0.640. The molecule has 1 aromatic rings. The normalized spacial score (nSPS) is 18.4. The molecule has 0 heterocycles. The Hall–Kier alpha value is -0.890. The van der Waals surface area contributed by atoms with Crippen LogP contribution in [0.15, 0.2) is 12.1 Å². The minimum absolute atomic E-state index is 0.00284. The molecule has 0 bridgehead atoms. The molecule has 3 heteroatoms. The molecule has 0 amide bonds. The van der Waals surface area contributed by atoms with Gasteiger partial charge in [-0.3, -0.25) is 4.79 Å². The Morgan fingerprint density at radius 1 is 1.43 bits per heavy atom. The van der Waals surface area contributed by atoms with E-state index < -0.39 is 11.2 Å². The molecule has 14 heavy (non-hydrogen) atoms. The van der Waals surface area contributed by atoms with E-state index in [1.807, 2.05) is 13.8 Å². The fourth-order valence-corrected chi connectivity index (χ4v) is 2.05. The number of hydrogen-bond donors (Lipinski definition) is 0. The summed E-state index contributed by atoms with van der Waals surface area (Å²) in [4.78, 5) is 11.8. The van der Waals surface area contributed by atoms with Crippen molar-refractivity contribution in [1.82, 2.24) is 0 Å². The summed E-state index contributed by atoms with van der Waals surface area (Å²) in [5, 5.41) is 0.0919. The van der Waals surface area contributed by atoms with Gasteiger partial charge in [-0.2, -0.15) is 0 Å². The summed E-state index contributed by atoms with van der Waals surface area (Å²) in [5.41, 5.74) is 0.919. The number of benzene rings is 1. The zero-order valence-corrected chi connectivity index (χ0v) is 8.78. The molecule has 1 nitrogen and oxygen atoms in total. The summed E-state index contributed by atoms with van der Waals surface area (Å²) in [5.74, 6) is -0.514. The Morgan fingerprint density at radius 2 is 2.07 bits per heavy atom. The zero-order chi connectivity index (χ0) is 10.5. The quantitative estimate of drug-likeness (QED) is 0.645. The van der Waals surface area contributed by atoms with E-state index in [2.05, 4.69) is 0 Å². The van der Waals surface area contributed by atoms with Crippen LogP contribution in [0.5, 0.6) is 0 Å². The van der Waals surface area contributed by atoms with E-state index >= 15 is 0 Å². The van der Waals surface area contributed by atoms with Crippen molar-refractivity contribution in [1.29, 1.82) is 0 Å². The highest BCUT2D eigenvalue weighted by Gasteiger charge is 2.37. The minimum atomic E-state index is -0.517. The van der Waals surface area contributed by atoms with Gasteiger partial charge in [-0.05, 0) is 24.1 Å². The van der Waals surface area contributed by atoms with Crippen LogP contribution in [0.25, 0.3) is 0 Å². The van der Waals surface area contributed by atoms with Gasteiger partial charge in [0.05, 0.1) is 5.02 Å². The monoisotopic (exact) mass is 212 g/mol. The Balaban J connectivity index is 2.61. The van der Waals surface area contributed by atoms with E-state index in [9.17, 15) is 9.18 Å². The first kappa shape index (κ1) is 9.66. The summed E-state index contributed by atoms with van der Waals surface area (Å²) < 4.78 is 13.1. The topological polar surface area (TPSA) is 17.1 Å². The van der Waals surface area contributed by atoms with Crippen LogP contribution in [-0.4, -0.2) is 5.78 Å². The van der Waals surface area contributed by atoms with Crippen molar-refractivity contribution < 1.29 is 9.18 Å². The average molecular weight is 213 g/mol. The number of hydrogen-bond acceptors (Lipinski definition) is 1. The Kier molecular flexibility index (Phi) is 1.93. The maximum Gasteiger partial charge on any atom is 0.169 e.